The number of aliphatic hydroxyl groups excluding tert-OH is 1. The minimum Gasteiger partial charge on any atom is -0.392 e. The van der Waals surface area contributed by atoms with Crippen molar-refractivity contribution in [2.24, 2.45) is 0 Å². The molecule has 0 aliphatic rings. The van der Waals surface area contributed by atoms with E-state index >= 15 is 0 Å². The second-order valence-corrected chi connectivity index (χ2v) is 4.42. The molecule has 1 rings (SSSR count). The van der Waals surface area contributed by atoms with Gasteiger partial charge in [0.15, 0.2) is 0 Å². The van der Waals surface area contributed by atoms with Crippen LogP contribution < -0.4 is 0 Å². The molecule has 0 aromatic heterocycles. The van der Waals surface area contributed by atoms with E-state index in [2.05, 4.69) is 20.8 Å². The van der Waals surface area contributed by atoms with Crippen molar-refractivity contribution in [2.45, 2.75) is 52.4 Å². The van der Waals surface area contributed by atoms with Gasteiger partial charge in [0.2, 0.25) is 0 Å². The molecule has 1 N–H and O–H groups in total. The molecule has 0 aliphatic heterocycles. The molecule has 0 bridgehead atoms. The van der Waals surface area contributed by atoms with E-state index in [9.17, 15) is 0 Å². The first kappa shape index (κ1) is 13.2. The van der Waals surface area contributed by atoms with Gasteiger partial charge in [0, 0.05) is 0 Å². The molecule has 90 valence electrons. The van der Waals surface area contributed by atoms with Crippen LogP contribution >= 0.6 is 0 Å². The van der Waals surface area contributed by atoms with E-state index in [1.54, 1.807) is 0 Å². The van der Waals surface area contributed by atoms with Gasteiger partial charge in [-0.15, -0.1) is 0 Å². The summed E-state index contributed by atoms with van der Waals surface area (Å²) >= 11 is 0. The largest absolute Gasteiger partial charge is 0.392 e. The van der Waals surface area contributed by atoms with Crippen molar-refractivity contribution in [1.82, 2.24) is 0 Å². The SMILES string of the molecule is CCC(C)(CC)OCc1cccc(CO)c1. The fourth-order valence-electron chi connectivity index (χ4n) is 1.53. The predicted molar refractivity (Wildman–Crippen MR) is 66.1 cm³/mol. The van der Waals surface area contributed by atoms with Gasteiger partial charge in [-0.05, 0) is 30.9 Å². The number of benzene rings is 1. The first-order chi connectivity index (χ1) is 7.63. The van der Waals surface area contributed by atoms with Gasteiger partial charge in [-0.3, -0.25) is 0 Å². The average Bonchev–Trinajstić information content (AvgIpc) is 2.36. The third kappa shape index (κ3) is 3.62. The molecule has 0 unspecified atom stereocenters. The fourth-order valence-corrected chi connectivity index (χ4v) is 1.53. The van der Waals surface area contributed by atoms with E-state index in [4.69, 9.17) is 9.84 Å². The highest BCUT2D eigenvalue weighted by Crippen LogP contribution is 2.21. The highest BCUT2D eigenvalue weighted by atomic mass is 16.5. The molecule has 2 nitrogen and oxygen atoms in total. The molecule has 0 heterocycles. The zero-order chi connectivity index (χ0) is 12.0. The van der Waals surface area contributed by atoms with Crippen molar-refractivity contribution in [1.29, 1.82) is 0 Å². The number of hydrogen-bond acceptors (Lipinski definition) is 2. The number of aliphatic hydroxyl groups is 1. The fraction of sp³-hybridized carbons (Fsp3) is 0.571. The molecule has 0 amide bonds. The third-order valence-electron chi connectivity index (χ3n) is 3.26. The summed E-state index contributed by atoms with van der Waals surface area (Å²) < 4.78 is 5.93. The third-order valence-corrected chi connectivity index (χ3v) is 3.26. The minimum atomic E-state index is -0.0325. The Morgan fingerprint density at radius 2 is 1.81 bits per heavy atom. The van der Waals surface area contributed by atoms with Crippen LogP contribution in [-0.2, 0) is 18.0 Å². The molecule has 0 atom stereocenters. The van der Waals surface area contributed by atoms with Crippen molar-refractivity contribution >= 4 is 0 Å². The Hall–Kier alpha value is -0.860. The Morgan fingerprint density at radius 3 is 2.38 bits per heavy atom. The Kier molecular flexibility index (Phi) is 4.97. The van der Waals surface area contributed by atoms with Crippen LogP contribution in [0.2, 0.25) is 0 Å². The molecule has 0 spiro atoms. The topological polar surface area (TPSA) is 29.5 Å². The van der Waals surface area contributed by atoms with Crippen LogP contribution in [-0.4, -0.2) is 10.7 Å². The van der Waals surface area contributed by atoms with Crippen LogP contribution in [0.25, 0.3) is 0 Å². The lowest BCUT2D eigenvalue weighted by Crippen LogP contribution is -2.26. The van der Waals surface area contributed by atoms with Crippen molar-refractivity contribution in [2.75, 3.05) is 0 Å². The number of hydrogen-bond donors (Lipinski definition) is 1. The summed E-state index contributed by atoms with van der Waals surface area (Å²) in [5.74, 6) is 0. The van der Waals surface area contributed by atoms with Crippen LogP contribution in [0.4, 0.5) is 0 Å². The monoisotopic (exact) mass is 222 g/mol. The van der Waals surface area contributed by atoms with Crippen molar-refractivity contribution in [3.8, 4) is 0 Å². The lowest BCUT2D eigenvalue weighted by Gasteiger charge is -2.27. The molecular formula is C14H22O2. The first-order valence-electron chi connectivity index (χ1n) is 5.96. The molecule has 1 aromatic carbocycles. The minimum absolute atomic E-state index is 0.0325. The second kappa shape index (κ2) is 6.02. The normalized spacial score (nSPS) is 11.8. The predicted octanol–water partition coefficient (Wildman–Crippen LogP) is 3.27. The lowest BCUT2D eigenvalue weighted by molar-refractivity contribution is -0.0483. The molecular weight excluding hydrogens is 200 g/mol. The maximum absolute atomic E-state index is 9.04. The number of rotatable bonds is 6. The van der Waals surface area contributed by atoms with Crippen LogP contribution in [0.5, 0.6) is 0 Å². The first-order valence-corrected chi connectivity index (χ1v) is 5.96. The van der Waals surface area contributed by atoms with Gasteiger partial charge in [0.25, 0.3) is 0 Å². The van der Waals surface area contributed by atoms with E-state index < -0.39 is 0 Å². The zero-order valence-electron chi connectivity index (χ0n) is 10.5. The average molecular weight is 222 g/mol. The van der Waals surface area contributed by atoms with Gasteiger partial charge in [-0.2, -0.15) is 0 Å². The summed E-state index contributed by atoms with van der Waals surface area (Å²) in [6, 6.07) is 7.90. The molecule has 0 fully saturated rings. The zero-order valence-corrected chi connectivity index (χ0v) is 10.5. The summed E-state index contributed by atoms with van der Waals surface area (Å²) in [6.45, 7) is 7.14. The summed E-state index contributed by atoms with van der Waals surface area (Å²) in [5, 5.41) is 9.04. The standard InChI is InChI=1S/C14H22O2/c1-4-14(3,5-2)16-11-13-8-6-7-12(9-13)10-15/h6-9,15H,4-5,10-11H2,1-3H3. The molecule has 0 saturated heterocycles. The summed E-state index contributed by atoms with van der Waals surface area (Å²) in [4.78, 5) is 0. The summed E-state index contributed by atoms with van der Waals surface area (Å²) in [6.07, 6.45) is 2.03. The second-order valence-electron chi connectivity index (χ2n) is 4.42. The Morgan fingerprint density at radius 1 is 1.19 bits per heavy atom. The maximum Gasteiger partial charge on any atom is 0.0724 e. The lowest BCUT2D eigenvalue weighted by atomic mass is 10.00. The van der Waals surface area contributed by atoms with Gasteiger partial charge in [0.1, 0.15) is 0 Å². The van der Waals surface area contributed by atoms with Gasteiger partial charge >= 0.3 is 0 Å². The number of ether oxygens (including phenoxy) is 1. The molecule has 1 aromatic rings. The Bertz CT molecular complexity index is 316. The maximum atomic E-state index is 9.04. The van der Waals surface area contributed by atoms with Crippen molar-refractivity contribution in [3.63, 3.8) is 0 Å². The van der Waals surface area contributed by atoms with Crippen LogP contribution in [0.3, 0.4) is 0 Å². The van der Waals surface area contributed by atoms with Gasteiger partial charge in [0.05, 0.1) is 18.8 Å². The van der Waals surface area contributed by atoms with Gasteiger partial charge < -0.3 is 9.84 Å². The Balaban J connectivity index is 2.60. The molecule has 0 radical (unpaired) electrons. The van der Waals surface area contributed by atoms with E-state index in [1.165, 1.54) is 0 Å². The molecule has 2 heteroatoms. The van der Waals surface area contributed by atoms with Crippen LogP contribution in [0, 0.1) is 0 Å². The van der Waals surface area contributed by atoms with Crippen LogP contribution in [0.1, 0.15) is 44.7 Å². The highest BCUT2D eigenvalue weighted by Gasteiger charge is 2.19. The molecule has 16 heavy (non-hydrogen) atoms. The Labute approximate surface area is 98.3 Å². The van der Waals surface area contributed by atoms with E-state index in [0.29, 0.717) is 6.61 Å². The van der Waals surface area contributed by atoms with E-state index in [1.807, 2.05) is 24.3 Å². The van der Waals surface area contributed by atoms with Gasteiger partial charge in [-0.25, -0.2) is 0 Å². The quantitative estimate of drug-likeness (QED) is 0.800. The van der Waals surface area contributed by atoms with Crippen molar-refractivity contribution < 1.29 is 9.84 Å². The smallest absolute Gasteiger partial charge is 0.0724 e. The highest BCUT2D eigenvalue weighted by molar-refractivity contribution is 5.22. The molecule has 0 aliphatic carbocycles. The van der Waals surface area contributed by atoms with Crippen molar-refractivity contribution in [3.05, 3.63) is 35.4 Å². The van der Waals surface area contributed by atoms with Gasteiger partial charge in [-0.1, -0.05) is 38.1 Å². The van der Waals surface area contributed by atoms with Crippen LogP contribution in [0.15, 0.2) is 24.3 Å². The summed E-state index contributed by atoms with van der Waals surface area (Å²) in [7, 11) is 0. The van der Waals surface area contributed by atoms with E-state index in [-0.39, 0.29) is 12.2 Å². The summed E-state index contributed by atoms with van der Waals surface area (Å²) in [5.41, 5.74) is 2.03. The van der Waals surface area contributed by atoms with E-state index in [0.717, 1.165) is 24.0 Å². The molecule has 0 saturated carbocycles.